The Morgan fingerprint density at radius 3 is 1.56 bits per heavy atom. The van der Waals surface area contributed by atoms with E-state index in [-0.39, 0.29) is 69.2 Å². The smallest absolute Gasteiger partial charge is 0.305 e. The van der Waals surface area contributed by atoms with Crippen LogP contribution in [0.15, 0.2) is 0 Å². The molecule has 0 aromatic heterocycles. The molecule has 8 fully saturated rings. The van der Waals surface area contributed by atoms with Gasteiger partial charge in [-0.1, -0.05) is 68.2 Å². The van der Waals surface area contributed by atoms with Crippen molar-refractivity contribution in [2.75, 3.05) is 14.2 Å². The van der Waals surface area contributed by atoms with E-state index in [4.69, 9.17) is 9.47 Å². The molecule has 0 heterocycles. The molecule has 63 heavy (non-hydrogen) atoms. The van der Waals surface area contributed by atoms with Crippen LogP contribution in [0.5, 0.6) is 0 Å². The van der Waals surface area contributed by atoms with E-state index in [1.54, 1.807) is 0 Å². The van der Waals surface area contributed by atoms with Crippen LogP contribution in [0.3, 0.4) is 0 Å². The molecule has 0 aliphatic heterocycles. The summed E-state index contributed by atoms with van der Waals surface area (Å²) in [6.07, 6.45) is 14.9. The van der Waals surface area contributed by atoms with Crippen molar-refractivity contribution >= 4 is 23.5 Å². The molecule has 21 atom stereocenters. The zero-order valence-electron chi connectivity index (χ0n) is 41.0. The average Bonchev–Trinajstić information content (AvgIpc) is 3.81. The maximum absolute atomic E-state index is 15.3. The summed E-state index contributed by atoms with van der Waals surface area (Å²) in [5, 5.41) is 23.4. The minimum Gasteiger partial charge on any atom is -0.469 e. The number of aliphatic hydroxyl groups is 2. The van der Waals surface area contributed by atoms with Gasteiger partial charge in [-0.25, -0.2) is 4.39 Å². The van der Waals surface area contributed by atoms with Crippen LogP contribution in [-0.2, 0) is 28.7 Å². The lowest BCUT2D eigenvalue weighted by Gasteiger charge is -2.64. The van der Waals surface area contributed by atoms with Gasteiger partial charge in [0.05, 0.1) is 26.4 Å². The molecule has 8 aliphatic rings. The highest BCUT2D eigenvalue weighted by Crippen LogP contribution is 2.71. The molecule has 8 aliphatic carbocycles. The predicted octanol–water partition coefficient (Wildman–Crippen LogP) is 10.8. The van der Waals surface area contributed by atoms with Gasteiger partial charge >= 0.3 is 11.9 Å². The lowest BCUT2D eigenvalue weighted by Crippen LogP contribution is -2.64. The molecule has 0 aromatic carbocycles. The number of esters is 2. The summed E-state index contributed by atoms with van der Waals surface area (Å²) >= 11 is 0. The molecule has 8 nitrogen and oxygen atoms in total. The van der Waals surface area contributed by atoms with Gasteiger partial charge < -0.3 is 19.7 Å². The molecule has 0 aromatic rings. The molecule has 358 valence electrons. The third kappa shape index (κ3) is 8.13. The Kier molecular flexibility index (Phi) is 14.5. The molecular formula is C54H87FO8. The fourth-order valence-corrected chi connectivity index (χ4v) is 18.8. The Morgan fingerprint density at radius 2 is 1.08 bits per heavy atom. The minimum atomic E-state index is -1.42. The standard InChI is InChI=1S/C27H43FO4.C27H44O4/c1-6-16-23-24(28)20(29)12-14-27(23,4)19-11-13-26(3)17(15(2)7-10-21(30)32-5)8-9-18(26)22(19)25(16)31;1-6-18-22-15-17(28)11-13-27(22,4)21-12-14-26(3)19(16(2)7-10-23(29)31-5)8-9-20(26)24(21)25(18)30/h15-19,22-25,31H,6-14H2,1-5H3;16,18-22,24-25,30H,6-15H2,1-5H3/t15-,16-,17?,18?,19?,22?,23-,24+,25-,26-,27-;16-,18-,19?,20?,21?,22+,24?,25-,26-,27-/m11/s1. The van der Waals surface area contributed by atoms with E-state index in [0.717, 1.165) is 70.6 Å². The number of rotatable bonds is 10. The van der Waals surface area contributed by atoms with E-state index in [9.17, 15) is 29.4 Å². The number of ketones is 2. The Morgan fingerprint density at radius 1 is 0.635 bits per heavy atom. The summed E-state index contributed by atoms with van der Waals surface area (Å²) in [6, 6.07) is 0. The number of Topliss-reactive ketones (excluding diaryl/α,β-unsaturated/α-hetero) is 2. The number of hydrogen-bond acceptors (Lipinski definition) is 8. The first-order valence-corrected chi connectivity index (χ1v) is 25.9. The molecule has 0 spiro atoms. The normalized spacial score (nSPS) is 48.4. The number of methoxy groups -OCH3 is 2. The minimum absolute atomic E-state index is 0.102. The van der Waals surface area contributed by atoms with Crippen LogP contribution < -0.4 is 0 Å². The molecule has 0 saturated heterocycles. The van der Waals surface area contributed by atoms with Crippen LogP contribution >= 0.6 is 0 Å². The van der Waals surface area contributed by atoms with E-state index in [0.29, 0.717) is 90.6 Å². The maximum atomic E-state index is 15.3. The van der Waals surface area contributed by atoms with Crippen molar-refractivity contribution in [3.63, 3.8) is 0 Å². The van der Waals surface area contributed by atoms with Crippen LogP contribution in [0, 0.1) is 105 Å². The lowest BCUT2D eigenvalue weighted by atomic mass is 9.41. The molecule has 8 saturated carbocycles. The van der Waals surface area contributed by atoms with Gasteiger partial charge in [0.15, 0.2) is 12.0 Å². The SMILES string of the molecule is CC[C@@H]1[C@@H]2[C@@H](F)C(=O)CC[C@]2(C)C2CC[C@@]3(C)C(CCC3[C@H](C)CCC(=O)OC)C2[C@@H]1O.CC[C@H]1[C@@H](O)C2C3CCC([C@H](C)CCC(=O)OC)[C@@]3(C)CCC2[C@@]2(C)CCC(=O)C[C@@H]12. The summed E-state index contributed by atoms with van der Waals surface area (Å²) in [5.41, 5.74) is 0.407. The van der Waals surface area contributed by atoms with E-state index in [1.165, 1.54) is 39.9 Å². The Balaban J connectivity index is 0.000000189. The van der Waals surface area contributed by atoms with Crippen LogP contribution in [0.4, 0.5) is 4.39 Å². The molecule has 0 bridgehead atoms. The van der Waals surface area contributed by atoms with Gasteiger partial charge in [0.2, 0.25) is 0 Å². The number of hydrogen-bond donors (Lipinski definition) is 2. The number of alkyl halides is 1. The van der Waals surface area contributed by atoms with Crippen molar-refractivity contribution in [3.8, 4) is 0 Å². The van der Waals surface area contributed by atoms with E-state index >= 15 is 4.39 Å². The fraction of sp³-hybridized carbons (Fsp3) is 0.926. The number of carbonyl (C=O) groups is 4. The molecule has 2 N–H and O–H groups in total. The number of ether oxygens (including phenoxy) is 2. The van der Waals surface area contributed by atoms with Crippen molar-refractivity contribution < 1.29 is 43.3 Å². The topological polar surface area (TPSA) is 127 Å². The summed E-state index contributed by atoms with van der Waals surface area (Å²) in [6.45, 7) is 18.5. The predicted molar refractivity (Wildman–Crippen MR) is 243 cm³/mol. The van der Waals surface area contributed by atoms with E-state index in [2.05, 4.69) is 55.4 Å². The van der Waals surface area contributed by atoms with Crippen molar-refractivity contribution in [2.24, 2.45) is 105 Å². The second-order valence-corrected chi connectivity index (χ2v) is 24.1. The first kappa shape index (κ1) is 49.0. The summed E-state index contributed by atoms with van der Waals surface area (Å²) < 4.78 is 25.1. The highest BCUT2D eigenvalue weighted by molar-refractivity contribution is 5.84. The van der Waals surface area contributed by atoms with Crippen LogP contribution in [-0.4, -0.2) is 66.3 Å². The average molecular weight is 883 g/mol. The second-order valence-electron chi connectivity index (χ2n) is 24.1. The quantitative estimate of drug-likeness (QED) is 0.208. The Labute approximate surface area is 380 Å². The monoisotopic (exact) mass is 883 g/mol. The number of halogens is 1. The first-order chi connectivity index (χ1) is 29.8. The molecule has 9 heteroatoms. The zero-order valence-corrected chi connectivity index (χ0v) is 41.0. The van der Waals surface area contributed by atoms with Gasteiger partial charge in [-0.05, 0) is 176 Å². The van der Waals surface area contributed by atoms with Crippen molar-refractivity contribution in [3.05, 3.63) is 0 Å². The van der Waals surface area contributed by atoms with Gasteiger partial charge in [0.1, 0.15) is 5.78 Å². The largest absolute Gasteiger partial charge is 0.469 e. The van der Waals surface area contributed by atoms with Gasteiger partial charge in [-0.3, -0.25) is 19.2 Å². The summed E-state index contributed by atoms with van der Waals surface area (Å²) in [7, 11) is 2.92. The molecular weight excluding hydrogens is 796 g/mol. The van der Waals surface area contributed by atoms with Crippen molar-refractivity contribution in [1.29, 1.82) is 0 Å². The number of carbonyl (C=O) groups excluding carboxylic acids is 4. The van der Waals surface area contributed by atoms with Gasteiger partial charge in [-0.2, -0.15) is 0 Å². The van der Waals surface area contributed by atoms with Gasteiger partial charge in [0, 0.05) is 38.0 Å². The van der Waals surface area contributed by atoms with E-state index in [1.807, 2.05) is 0 Å². The second kappa shape index (κ2) is 18.7. The molecule has 0 radical (unpaired) electrons. The van der Waals surface area contributed by atoms with Gasteiger partial charge in [-0.15, -0.1) is 0 Å². The van der Waals surface area contributed by atoms with Crippen LogP contribution in [0.1, 0.15) is 177 Å². The number of aliphatic hydroxyl groups excluding tert-OH is 2. The molecule has 0 amide bonds. The third-order valence-electron chi connectivity index (χ3n) is 22.1. The van der Waals surface area contributed by atoms with Crippen molar-refractivity contribution in [2.45, 2.75) is 196 Å². The number of fused-ring (bicyclic) bond motifs is 10. The summed E-state index contributed by atoms with van der Waals surface area (Å²) in [4.78, 5) is 48.1. The van der Waals surface area contributed by atoms with Crippen LogP contribution in [0.2, 0.25) is 0 Å². The molecule has 8 rings (SSSR count). The zero-order chi connectivity index (χ0) is 46.0. The molecule has 8 unspecified atom stereocenters. The third-order valence-corrected chi connectivity index (χ3v) is 22.1. The van der Waals surface area contributed by atoms with Gasteiger partial charge in [0.25, 0.3) is 0 Å². The van der Waals surface area contributed by atoms with E-state index < -0.39 is 12.3 Å². The van der Waals surface area contributed by atoms with Crippen LogP contribution in [0.25, 0.3) is 0 Å². The highest BCUT2D eigenvalue weighted by atomic mass is 19.1. The lowest BCUT2D eigenvalue weighted by molar-refractivity contribution is -0.207. The fourth-order valence-electron chi connectivity index (χ4n) is 18.8. The Hall–Kier alpha value is -1.87. The first-order valence-electron chi connectivity index (χ1n) is 25.9. The van der Waals surface area contributed by atoms with Crippen molar-refractivity contribution in [1.82, 2.24) is 0 Å². The maximum Gasteiger partial charge on any atom is 0.305 e. The highest BCUT2D eigenvalue weighted by Gasteiger charge is 2.68. The summed E-state index contributed by atoms with van der Waals surface area (Å²) in [5.74, 6) is 4.55. The Bertz CT molecular complexity index is 1680.